The van der Waals surface area contributed by atoms with E-state index >= 15 is 0 Å². The van der Waals surface area contributed by atoms with Crippen molar-refractivity contribution in [3.05, 3.63) is 35.9 Å². The Morgan fingerprint density at radius 2 is 2.40 bits per heavy atom. The van der Waals surface area contributed by atoms with E-state index in [0.717, 1.165) is 6.20 Å². The lowest BCUT2D eigenvalue weighted by atomic mass is 10.0. The lowest BCUT2D eigenvalue weighted by Crippen LogP contribution is -2.12. The highest BCUT2D eigenvalue weighted by Crippen LogP contribution is 2.20. The van der Waals surface area contributed by atoms with Crippen molar-refractivity contribution in [2.24, 2.45) is 0 Å². The van der Waals surface area contributed by atoms with Crippen LogP contribution in [0.25, 0.3) is 6.08 Å². The number of carbonyl (C=O) groups is 1. The Morgan fingerprint density at radius 3 is 2.93 bits per heavy atom. The first-order valence-corrected chi connectivity index (χ1v) is 4.45. The van der Waals surface area contributed by atoms with Crippen LogP contribution in [0, 0.1) is 5.82 Å². The van der Waals surface area contributed by atoms with Crippen LogP contribution in [0.5, 0.6) is 0 Å². The summed E-state index contributed by atoms with van der Waals surface area (Å²) in [5.41, 5.74) is 0.800. The third-order valence-corrected chi connectivity index (χ3v) is 2.14. The molecule has 0 fully saturated rings. The van der Waals surface area contributed by atoms with Gasteiger partial charge in [0.15, 0.2) is 0 Å². The van der Waals surface area contributed by atoms with Gasteiger partial charge in [0.2, 0.25) is 0 Å². The number of pyridine rings is 1. The van der Waals surface area contributed by atoms with Gasteiger partial charge in [0.1, 0.15) is 5.82 Å². The van der Waals surface area contributed by atoms with Crippen LogP contribution >= 0.6 is 0 Å². The van der Waals surface area contributed by atoms with Gasteiger partial charge < -0.3 is 4.74 Å². The Morgan fingerprint density at radius 1 is 1.73 bits per heavy atom. The van der Waals surface area contributed by atoms with Crippen LogP contribution in [0.1, 0.15) is 24.1 Å². The zero-order valence-electron chi connectivity index (χ0n) is 8.66. The number of hydrogen-bond donors (Lipinski definition) is 0. The molecule has 0 spiro atoms. The molecule has 1 aromatic rings. The van der Waals surface area contributed by atoms with Crippen LogP contribution < -0.4 is 0 Å². The molecule has 15 heavy (non-hydrogen) atoms. The monoisotopic (exact) mass is 209 g/mol. The summed E-state index contributed by atoms with van der Waals surface area (Å²) in [6.07, 6.45) is 2.57. The fourth-order valence-corrected chi connectivity index (χ4v) is 1.22. The number of hydrogen-bond acceptors (Lipinski definition) is 3. The number of ether oxygens (including phenoxy) is 1. The SMILES string of the molecule is C=Cc1cc(C(C)C(=O)OC)c(F)cn1. The number of halogens is 1. The van der Waals surface area contributed by atoms with Crippen molar-refractivity contribution in [1.29, 1.82) is 0 Å². The number of aromatic nitrogens is 1. The van der Waals surface area contributed by atoms with Gasteiger partial charge in [-0.25, -0.2) is 4.39 Å². The highest BCUT2D eigenvalue weighted by atomic mass is 19.1. The van der Waals surface area contributed by atoms with Gasteiger partial charge in [0.05, 0.1) is 24.9 Å². The number of methoxy groups -OCH3 is 1. The summed E-state index contributed by atoms with van der Waals surface area (Å²) in [6, 6.07) is 1.49. The Bertz CT molecular complexity index is 390. The highest BCUT2D eigenvalue weighted by Gasteiger charge is 2.19. The van der Waals surface area contributed by atoms with Gasteiger partial charge in [-0.15, -0.1) is 0 Å². The molecule has 0 aliphatic heterocycles. The highest BCUT2D eigenvalue weighted by molar-refractivity contribution is 5.77. The predicted octanol–water partition coefficient (Wildman–Crippen LogP) is 2.14. The zero-order valence-corrected chi connectivity index (χ0v) is 8.66. The summed E-state index contributed by atoms with van der Waals surface area (Å²) in [7, 11) is 1.27. The summed E-state index contributed by atoms with van der Waals surface area (Å²) >= 11 is 0. The summed E-state index contributed by atoms with van der Waals surface area (Å²) in [5, 5.41) is 0. The van der Waals surface area contributed by atoms with E-state index in [-0.39, 0.29) is 5.56 Å². The molecule has 0 aromatic carbocycles. The molecule has 3 nitrogen and oxygen atoms in total. The molecular formula is C11H12FNO2. The maximum Gasteiger partial charge on any atom is 0.312 e. The third-order valence-electron chi connectivity index (χ3n) is 2.14. The Hall–Kier alpha value is -1.71. The first-order chi connectivity index (χ1) is 7.10. The third kappa shape index (κ3) is 2.40. The maximum absolute atomic E-state index is 13.3. The minimum Gasteiger partial charge on any atom is -0.469 e. The van der Waals surface area contributed by atoms with Gasteiger partial charge in [0, 0.05) is 5.56 Å². The van der Waals surface area contributed by atoms with Crippen molar-refractivity contribution in [3.8, 4) is 0 Å². The van der Waals surface area contributed by atoms with E-state index in [2.05, 4.69) is 16.3 Å². The first kappa shape index (κ1) is 11.4. The average molecular weight is 209 g/mol. The summed E-state index contributed by atoms with van der Waals surface area (Å²) in [5.74, 6) is -1.63. The Balaban J connectivity index is 3.11. The van der Waals surface area contributed by atoms with Gasteiger partial charge in [-0.05, 0) is 19.1 Å². The summed E-state index contributed by atoms with van der Waals surface area (Å²) < 4.78 is 17.9. The number of rotatable bonds is 3. The lowest BCUT2D eigenvalue weighted by molar-refractivity contribution is -0.142. The molecule has 0 saturated carbocycles. The van der Waals surface area contributed by atoms with Crippen molar-refractivity contribution in [2.45, 2.75) is 12.8 Å². The zero-order chi connectivity index (χ0) is 11.4. The van der Waals surface area contributed by atoms with Crippen molar-refractivity contribution in [1.82, 2.24) is 4.98 Å². The largest absolute Gasteiger partial charge is 0.469 e. The van der Waals surface area contributed by atoms with Gasteiger partial charge in [-0.3, -0.25) is 9.78 Å². The average Bonchev–Trinajstić information content (AvgIpc) is 2.27. The molecule has 1 unspecified atom stereocenters. The quantitative estimate of drug-likeness (QED) is 0.716. The second-order valence-electron chi connectivity index (χ2n) is 3.08. The molecule has 1 atom stereocenters. The fourth-order valence-electron chi connectivity index (χ4n) is 1.22. The van der Waals surface area contributed by atoms with E-state index in [1.54, 1.807) is 6.92 Å². The van der Waals surface area contributed by atoms with Crippen molar-refractivity contribution in [2.75, 3.05) is 7.11 Å². The molecule has 0 radical (unpaired) electrons. The first-order valence-electron chi connectivity index (χ1n) is 4.45. The van der Waals surface area contributed by atoms with E-state index in [4.69, 9.17) is 0 Å². The molecular weight excluding hydrogens is 197 g/mol. The van der Waals surface area contributed by atoms with Gasteiger partial charge in [-0.2, -0.15) is 0 Å². The van der Waals surface area contributed by atoms with Crippen LogP contribution in [0.15, 0.2) is 18.8 Å². The molecule has 4 heteroatoms. The van der Waals surface area contributed by atoms with E-state index in [0.29, 0.717) is 5.69 Å². The number of nitrogens with zero attached hydrogens (tertiary/aromatic N) is 1. The molecule has 1 heterocycles. The molecule has 0 aliphatic carbocycles. The van der Waals surface area contributed by atoms with Crippen LogP contribution in [0.3, 0.4) is 0 Å². The standard InChI is InChI=1S/C11H12FNO2/c1-4-8-5-9(10(12)6-13-8)7(2)11(14)15-3/h4-7H,1H2,2-3H3. The van der Waals surface area contributed by atoms with Crippen molar-refractivity contribution in [3.63, 3.8) is 0 Å². The van der Waals surface area contributed by atoms with Crippen LogP contribution in [-0.4, -0.2) is 18.1 Å². The molecule has 1 rings (SSSR count). The molecule has 0 bridgehead atoms. The molecule has 1 aromatic heterocycles. The number of carbonyl (C=O) groups excluding carboxylic acids is 1. The molecule has 0 amide bonds. The normalized spacial score (nSPS) is 11.9. The van der Waals surface area contributed by atoms with E-state index in [1.807, 2.05) is 0 Å². The Labute approximate surface area is 87.6 Å². The van der Waals surface area contributed by atoms with Gasteiger partial charge in [0.25, 0.3) is 0 Å². The lowest BCUT2D eigenvalue weighted by Gasteiger charge is -2.10. The summed E-state index contributed by atoms with van der Waals surface area (Å²) in [6.45, 7) is 5.11. The Kier molecular flexibility index (Phi) is 3.55. The second kappa shape index (κ2) is 4.68. The molecule has 80 valence electrons. The molecule has 0 saturated heterocycles. The topological polar surface area (TPSA) is 39.2 Å². The van der Waals surface area contributed by atoms with Crippen molar-refractivity contribution < 1.29 is 13.9 Å². The maximum atomic E-state index is 13.3. The smallest absolute Gasteiger partial charge is 0.312 e. The predicted molar refractivity (Wildman–Crippen MR) is 54.7 cm³/mol. The van der Waals surface area contributed by atoms with E-state index in [9.17, 15) is 9.18 Å². The molecule has 0 N–H and O–H groups in total. The van der Waals surface area contributed by atoms with Crippen molar-refractivity contribution >= 4 is 12.0 Å². The van der Waals surface area contributed by atoms with E-state index < -0.39 is 17.7 Å². The summed E-state index contributed by atoms with van der Waals surface area (Å²) in [4.78, 5) is 15.0. The van der Waals surface area contributed by atoms with Gasteiger partial charge >= 0.3 is 5.97 Å². The fraction of sp³-hybridized carbons (Fsp3) is 0.273. The van der Waals surface area contributed by atoms with Crippen LogP contribution in [-0.2, 0) is 9.53 Å². The minimum atomic E-state index is -0.642. The second-order valence-corrected chi connectivity index (χ2v) is 3.08. The van der Waals surface area contributed by atoms with Crippen LogP contribution in [0.4, 0.5) is 4.39 Å². The molecule has 0 aliphatic rings. The van der Waals surface area contributed by atoms with Gasteiger partial charge in [-0.1, -0.05) is 6.58 Å². The van der Waals surface area contributed by atoms with E-state index in [1.165, 1.54) is 19.3 Å². The minimum absolute atomic E-state index is 0.270. The van der Waals surface area contributed by atoms with Crippen LogP contribution in [0.2, 0.25) is 0 Å². The number of esters is 1.